The van der Waals surface area contributed by atoms with Crippen LogP contribution in [0, 0.1) is 11.3 Å². The summed E-state index contributed by atoms with van der Waals surface area (Å²) in [5, 5.41) is 8.65. The van der Waals surface area contributed by atoms with Crippen molar-refractivity contribution in [1.29, 1.82) is 5.26 Å². The molecule has 2 N–H and O–H groups in total. The van der Waals surface area contributed by atoms with E-state index in [2.05, 4.69) is 0 Å². The second-order valence-corrected chi connectivity index (χ2v) is 2.86. The molecule has 1 rings (SSSR count). The first-order valence-corrected chi connectivity index (χ1v) is 4.02. The molecule has 1 aromatic carbocycles. The van der Waals surface area contributed by atoms with Gasteiger partial charge in [-0.15, -0.1) is 0 Å². The van der Waals surface area contributed by atoms with E-state index in [1.54, 1.807) is 19.2 Å². The zero-order chi connectivity index (χ0) is 9.84. The van der Waals surface area contributed by atoms with E-state index in [-0.39, 0.29) is 6.04 Å². The molecule has 0 aliphatic heterocycles. The minimum atomic E-state index is -0.0808. The highest BCUT2D eigenvalue weighted by atomic mass is 16.5. The Morgan fingerprint density at radius 1 is 1.54 bits per heavy atom. The zero-order valence-corrected chi connectivity index (χ0v) is 7.74. The Bertz CT molecular complexity index is 339. The normalized spacial score (nSPS) is 11.8. The lowest BCUT2D eigenvalue weighted by atomic mass is 10.1. The highest BCUT2D eigenvalue weighted by Gasteiger charge is 2.07. The molecule has 0 aromatic heterocycles. The number of hydrogen-bond donors (Lipinski definition) is 1. The van der Waals surface area contributed by atoms with Gasteiger partial charge in [0, 0.05) is 11.6 Å². The van der Waals surface area contributed by atoms with Crippen LogP contribution in [-0.4, -0.2) is 7.11 Å². The van der Waals surface area contributed by atoms with Crippen LogP contribution in [0.2, 0.25) is 0 Å². The highest BCUT2D eigenvalue weighted by molar-refractivity contribution is 5.43. The fourth-order valence-corrected chi connectivity index (χ4v) is 1.16. The molecule has 0 fully saturated rings. The predicted octanol–water partition coefficient (Wildman–Crippen LogP) is 1.59. The molecular formula is C10H12N2O. The van der Waals surface area contributed by atoms with E-state index in [9.17, 15) is 0 Å². The summed E-state index contributed by atoms with van der Waals surface area (Å²) in [7, 11) is 1.57. The fourth-order valence-electron chi connectivity index (χ4n) is 1.16. The summed E-state index contributed by atoms with van der Waals surface area (Å²) < 4.78 is 5.12. The van der Waals surface area contributed by atoms with Crippen LogP contribution < -0.4 is 10.5 Å². The van der Waals surface area contributed by atoms with Gasteiger partial charge >= 0.3 is 0 Å². The van der Waals surface area contributed by atoms with Gasteiger partial charge in [0.25, 0.3) is 0 Å². The van der Waals surface area contributed by atoms with Gasteiger partial charge in [0.15, 0.2) is 0 Å². The first kappa shape index (κ1) is 9.56. The number of nitriles is 1. The molecule has 0 amide bonds. The Labute approximate surface area is 77.7 Å². The molecule has 0 aliphatic rings. The summed E-state index contributed by atoms with van der Waals surface area (Å²) in [5.74, 6) is 0.675. The minimum absolute atomic E-state index is 0.0808. The summed E-state index contributed by atoms with van der Waals surface area (Å²) in [6, 6.07) is 7.22. The number of methoxy groups -OCH3 is 1. The van der Waals surface area contributed by atoms with Crippen molar-refractivity contribution in [2.45, 2.75) is 13.0 Å². The Kier molecular flexibility index (Phi) is 2.88. The molecule has 13 heavy (non-hydrogen) atoms. The van der Waals surface area contributed by atoms with Crippen molar-refractivity contribution >= 4 is 0 Å². The van der Waals surface area contributed by atoms with Crippen LogP contribution in [-0.2, 0) is 0 Å². The first-order valence-electron chi connectivity index (χ1n) is 4.02. The third-order valence-electron chi connectivity index (χ3n) is 1.85. The summed E-state index contributed by atoms with van der Waals surface area (Å²) in [6.45, 7) is 1.88. The molecule has 1 aromatic rings. The van der Waals surface area contributed by atoms with Gasteiger partial charge in [-0.2, -0.15) is 5.26 Å². The molecule has 0 bridgehead atoms. The van der Waals surface area contributed by atoms with Crippen LogP contribution in [0.25, 0.3) is 0 Å². The van der Waals surface area contributed by atoms with Crippen molar-refractivity contribution in [1.82, 2.24) is 0 Å². The molecule has 0 spiro atoms. The van der Waals surface area contributed by atoms with E-state index < -0.39 is 0 Å². The van der Waals surface area contributed by atoms with E-state index in [4.69, 9.17) is 15.7 Å². The van der Waals surface area contributed by atoms with E-state index in [0.717, 1.165) is 5.56 Å². The van der Waals surface area contributed by atoms with Crippen LogP contribution >= 0.6 is 0 Å². The maximum absolute atomic E-state index is 8.65. The number of hydrogen-bond acceptors (Lipinski definition) is 3. The second-order valence-electron chi connectivity index (χ2n) is 2.86. The molecular weight excluding hydrogens is 164 g/mol. The van der Waals surface area contributed by atoms with Crippen molar-refractivity contribution in [2.75, 3.05) is 7.11 Å². The lowest BCUT2D eigenvalue weighted by Crippen LogP contribution is -2.06. The van der Waals surface area contributed by atoms with Gasteiger partial charge in [0.2, 0.25) is 0 Å². The summed E-state index contributed by atoms with van der Waals surface area (Å²) >= 11 is 0. The fraction of sp³-hybridized carbons (Fsp3) is 0.300. The van der Waals surface area contributed by atoms with Crippen LogP contribution in [0.15, 0.2) is 18.2 Å². The minimum Gasteiger partial charge on any atom is -0.496 e. The van der Waals surface area contributed by atoms with Gasteiger partial charge in [0.1, 0.15) is 5.75 Å². The first-order chi connectivity index (χ1) is 6.19. The molecule has 1 atom stereocenters. The zero-order valence-electron chi connectivity index (χ0n) is 7.74. The lowest BCUT2D eigenvalue weighted by Gasteiger charge is -2.11. The van der Waals surface area contributed by atoms with Crippen LogP contribution in [0.1, 0.15) is 24.1 Å². The maximum atomic E-state index is 8.65. The topological polar surface area (TPSA) is 59.0 Å². The third-order valence-corrected chi connectivity index (χ3v) is 1.85. The van der Waals surface area contributed by atoms with Gasteiger partial charge in [-0.25, -0.2) is 0 Å². The Morgan fingerprint density at radius 3 is 2.69 bits per heavy atom. The van der Waals surface area contributed by atoms with Gasteiger partial charge in [0.05, 0.1) is 18.7 Å². The molecule has 1 unspecified atom stereocenters. The standard InChI is InChI=1S/C10H12N2O/c1-7(12)9-4-3-8(6-11)5-10(9)13-2/h3-5,7H,12H2,1-2H3. The Balaban J connectivity index is 3.17. The summed E-state index contributed by atoms with van der Waals surface area (Å²) in [5.41, 5.74) is 7.22. The van der Waals surface area contributed by atoms with Crippen molar-refractivity contribution in [3.05, 3.63) is 29.3 Å². The number of nitrogens with two attached hydrogens (primary N) is 1. The number of ether oxygens (including phenoxy) is 1. The molecule has 0 heterocycles. The van der Waals surface area contributed by atoms with E-state index in [0.29, 0.717) is 11.3 Å². The smallest absolute Gasteiger partial charge is 0.124 e. The number of benzene rings is 1. The van der Waals surface area contributed by atoms with Crippen molar-refractivity contribution in [2.24, 2.45) is 5.73 Å². The molecule has 0 radical (unpaired) electrons. The van der Waals surface area contributed by atoms with Crippen LogP contribution in [0.3, 0.4) is 0 Å². The van der Waals surface area contributed by atoms with Gasteiger partial charge in [-0.3, -0.25) is 0 Å². The Morgan fingerprint density at radius 2 is 2.23 bits per heavy atom. The molecule has 68 valence electrons. The van der Waals surface area contributed by atoms with Gasteiger partial charge in [-0.1, -0.05) is 6.07 Å². The maximum Gasteiger partial charge on any atom is 0.124 e. The van der Waals surface area contributed by atoms with Crippen molar-refractivity contribution < 1.29 is 4.74 Å². The lowest BCUT2D eigenvalue weighted by molar-refractivity contribution is 0.407. The van der Waals surface area contributed by atoms with E-state index >= 15 is 0 Å². The Hall–Kier alpha value is -1.53. The van der Waals surface area contributed by atoms with Gasteiger partial charge in [-0.05, 0) is 19.1 Å². The molecule has 0 saturated carbocycles. The van der Waals surface area contributed by atoms with Crippen molar-refractivity contribution in [3.8, 4) is 11.8 Å². The SMILES string of the molecule is COc1cc(C#N)ccc1C(C)N. The highest BCUT2D eigenvalue weighted by Crippen LogP contribution is 2.24. The van der Waals surface area contributed by atoms with E-state index in [1.165, 1.54) is 0 Å². The largest absolute Gasteiger partial charge is 0.496 e. The predicted molar refractivity (Wildman–Crippen MR) is 50.3 cm³/mol. The van der Waals surface area contributed by atoms with Crippen molar-refractivity contribution in [3.63, 3.8) is 0 Å². The van der Waals surface area contributed by atoms with E-state index in [1.807, 2.05) is 19.1 Å². The average molecular weight is 176 g/mol. The quantitative estimate of drug-likeness (QED) is 0.744. The number of nitrogens with zero attached hydrogens (tertiary/aromatic N) is 1. The molecule has 3 heteroatoms. The second kappa shape index (κ2) is 3.92. The van der Waals surface area contributed by atoms with Crippen LogP contribution in [0.5, 0.6) is 5.75 Å². The summed E-state index contributed by atoms with van der Waals surface area (Å²) in [4.78, 5) is 0. The summed E-state index contributed by atoms with van der Waals surface area (Å²) in [6.07, 6.45) is 0. The third kappa shape index (κ3) is 1.98. The molecule has 0 saturated heterocycles. The average Bonchev–Trinajstić information content (AvgIpc) is 2.16. The van der Waals surface area contributed by atoms with Gasteiger partial charge < -0.3 is 10.5 Å². The number of rotatable bonds is 2. The molecule has 3 nitrogen and oxygen atoms in total. The monoisotopic (exact) mass is 176 g/mol. The van der Waals surface area contributed by atoms with Crippen LogP contribution in [0.4, 0.5) is 0 Å². The molecule has 0 aliphatic carbocycles.